The molecule has 0 saturated carbocycles. The quantitative estimate of drug-likeness (QED) is 0.714. The van der Waals surface area contributed by atoms with Gasteiger partial charge in [0.25, 0.3) is 0 Å². The van der Waals surface area contributed by atoms with Crippen molar-refractivity contribution < 1.29 is 14.3 Å². The van der Waals surface area contributed by atoms with Crippen LogP contribution in [0.3, 0.4) is 0 Å². The summed E-state index contributed by atoms with van der Waals surface area (Å²) in [5, 5.41) is 7.21. The van der Waals surface area contributed by atoms with Crippen LogP contribution in [0.15, 0.2) is 43.0 Å². The van der Waals surface area contributed by atoms with Gasteiger partial charge in [-0.25, -0.2) is 9.78 Å². The first-order valence-corrected chi connectivity index (χ1v) is 10.0. The van der Waals surface area contributed by atoms with E-state index in [1.807, 2.05) is 55.8 Å². The number of nitrogens with zero attached hydrogens (tertiary/aromatic N) is 5. The van der Waals surface area contributed by atoms with Crippen molar-refractivity contribution in [2.45, 2.75) is 39.3 Å². The minimum absolute atomic E-state index is 0.117. The third-order valence-corrected chi connectivity index (χ3v) is 4.85. The van der Waals surface area contributed by atoms with Crippen LogP contribution in [0.25, 0.3) is 5.65 Å². The number of aromatic nitrogens is 4. The molecule has 4 rings (SSSR count). The highest BCUT2D eigenvalue weighted by atomic mass is 16.6. The maximum absolute atomic E-state index is 12.6. The molecule has 3 aromatic heterocycles. The molecule has 3 aromatic rings. The fourth-order valence-electron chi connectivity index (χ4n) is 3.45. The van der Waals surface area contributed by atoms with E-state index < -0.39 is 5.60 Å². The van der Waals surface area contributed by atoms with Gasteiger partial charge in [0.15, 0.2) is 0 Å². The number of nitrogens with one attached hydrogen (secondary N) is 1. The lowest BCUT2D eigenvalue weighted by Gasteiger charge is -2.24. The van der Waals surface area contributed by atoms with Crippen molar-refractivity contribution in [1.82, 2.24) is 24.1 Å². The fourth-order valence-corrected chi connectivity index (χ4v) is 3.45. The summed E-state index contributed by atoms with van der Waals surface area (Å²) in [7, 11) is 0. The number of carbonyl (C=O) groups is 2. The number of fused-ring (bicyclic) bond motifs is 1. The first-order valence-electron chi connectivity index (χ1n) is 10.0. The van der Waals surface area contributed by atoms with Crippen LogP contribution in [0.4, 0.5) is 10.5 Å². The second-order valence-corrected chi connectivity index (χ2v) is 8.53. The van der Waals surface area contributed by atoms with Crippen LogP contribution in [-0.2, 0) is 16.1 Å². The van der Waals surface area contributed by atoms with Gasteiger partial charge in [0.1, 0.15) is 11.2 Å². The van der Waals surface area contributed by atoms with E-state index in [2.05, 4.69) is 15.4 Å². The normalized spacial score (nSPS) is 16.8. The molecule has 1 aliphatic heterocycles. The van der Waals surface area contributed by atoms with Gasteiger partial charge < -0.3 is 19.4 Å². The summed E-state index contributed by atoms with van der Waals surface area (Å²) in [6.45, 7) is 6.86. The predicted octanol–water partition coefficient (Wildman–Crippen LogP) is 2.77. The molecule has 1 unspecified atom stereocenters. The van der Waals surface area contributed by atoms with E-state index in [4.69, 9.17) is 4.74 Å². The van der Waals surface area contributed by atoms with Crippen LogP contribution in [0.2, 0.25) is 0 Å². The summed E-state index contributed by atoms with van der Waals surface area (Å²) in [6.07, 6.45) is 7.54. The van der Waals surface area contributed by atoms with Crippen molar-refractivity contribution >= 4 is 23.3 Å². The Morgan fingerprint density at radius 2 is 2.10 bits per heavy atom. The molecular weight excluding hydrogens is 384 g/mol. The molecule has 9 heteroatoms. The highest BCUT2D eigenvalue weighted by Crippen LogP contribution is 2.21. The van der Waals surface area contributed by atoms with Crippen molar-refractivity contribution in [3.63, 3.8) is 0 Å². The Morgan fingerprint density at radius 1 is 1.27 bits per heavy atom. The smallest absolute Gasteiger partial charge is 0.410 e. The molecule has 2 amide bonds. The summed E-state index contributed by atoms with van der Waals surface area (Å²) in [5.41, 5.74) is 1.84. The summed E-state index contributed by atoms with van der Waals surface area (Å²) < 4.78 is 9.08. The van der Waals surface area contributed by atoms with Gasteiger partial charge in [0.2, 0.25) is 5.91 Å². The van der Waals surface area contributed by atoms with E-state index in [1.54, 1.807) is 22.0 Å². The number of anilines is 1. The molecule has 4 heterocycles. The number of carbonyl (C=O) groups excluding carboxylic acids is 2. The molecule has 1 aliphatic rings. The Morgan fingerprint density at radius 3 is 2.87 bits per heavy atom. The fraction of sp³-hybridized carbons (Fsp3) is 0.429. The molecular formula is C21H26N6O3. The lowest BCUT2D eigenvalue weighted by Crippen LogP contribution is -2.36. The first-order chi connectivity index (χ1) is 14.3. The average Bonchev–Trinajstić information content (AvgIpc) is 3.39. The number of pyridine rings is 1. The molecule has 0 spiro atoms. The third-order valence-electron chi connectivity index (χ3n) is 4.85. The number of hydrogen-bond acceptors (Lipinski definition) is 5. The maximum atomic E-state index is 12.6. The average molecular weight is 410 g/mol. The monoisotopic (exact) mass is 410 g/mol. The van der Waals surface area contributed by atoms with Crippen LogP contribution in [0, 0.1) is 5.92 Å². The lowest BCUT2D eigenvalue weighted by molar-refractivity contribution is -0.119. The van der Waals surface area contributed by atoms with Gasteiger partial charge in [-0.1, -0.05) is 6.07 Å². The molecule has 0 bridgehead atoms. The largest absolute Gasteiger partial charge is 0.444 e. The number of hydrogen-bond donors (Lipinski definition) is 1. The van der Waals surface area contributed by atoms with E-state index in [1.165, 1.54) is 0 Å². The Bertz CT molecular complexity index is 1030. The molecule has 158 valence electrons. The van der Waals surface area contributed by atoms with E-state index in [-0.39, 0.29) is 17.9 Å². The van der Waals surface area contributed by atoms with Crippen LogP contribution >= 0.6 is 0 Å². The van der Waals surface area contributed by atoms with Crippen LogP contribution < -0.4 is 5.32 Å². The standard InChI is InChI=1S/C21H26N6O3/c1-21(2,3)30-20(29)26-9-7-15(11-26)19(28)24-16-10-22-27(13-16)14-17-12-25-8-5-4-6-18(25)23-17/h4-6,8,10,12-13,15H,7,9,11,14H2,1-3H3,(H,24,28). The molecule has 9 nitrogen and oxygen atoms in total. The highest BCUT2D eigenvalue weighted by molar-refractivity contribution is 5.93. The van der Waals surface area contributed by atoms with Gasteiger partial charge in [-0.15, -0.1) is 0 Å². The van der Waals surface area contributed by atoms with Gasteiger partial charge in [0.05, 0.1) is 30.0 Å². The predicted molar refractivity (Wildman–Crippen MR) is 111 cm³/mol. The minimum atomic E-state index is -0.549. The van der Waals surface area contributed by atoms with Crippen molar-refractivity contribution in [2.24, 2.45) is 5.92 Å². The Labute approximate surface area is 174 Å². The Balaban J connectivity index is 1.32. The minimum Gasteiger partial charge on any atom is -0.444 e. The number of imidazole rings is 1. The van der Waals surface area contributed by atoms with Gasteiger partial charge in [-0.05, 0) is 39.3 Å². The second-order valence-electron chi connectivity index (χ2n) is 8.53. The second kappa shape index (κ2) is 7.81. The molecule has 1 fully saturated rings. The molecule has 30 heavy (non-hydrogen) atoms. The number of likely N-dealkylation sites (tertiary alicyclic amines) is 1. The number of amides is 2. The first kappa shape index (κ1) is 19.9. The molecule has 1 N–H and O–H groups in total. The summed E-state index contributed by atoms with van der Waals surface area (Å²) in [4.78, 5) is 30.9. The SMILES string of the molecule is CC(C)(C)OC(=O)N1CCC(C(=O)Nc2cnn(Cc3cn4ccccc4n3)c2)C1. The van der Waals surface area contributed by atoms with Crippen molar-refractivity contribution in [3.8, 4) is 0 Å². The maximum Gasteiger partial charge on any atom is 0.410 e. The summed E-state index contributed by atoms with van der Waals surface area (Å²) in [6, 6.07) is 5.84. The zero-order chi connectivity index (χ0) is 21.3. The molecule has 1 atom stereocenters. The third kappa shape index (κ3) is 4.61. The van der Waals surface area contributed by atoms with Crippen LogP contribution in [0.5, 0.6) is 0 Å². The van der Waals surface area contributed by atoms with E-state index in [9.17, 15) is 9.59 Å². The molecule has 0 aromatic carbocycles. The topological polar surface area (TPSA) is 93.8 Å². The van der Waals surface area contributed by atoms with Crippen LogP contribution in [0.1, 0.15) is 32.9 Å². The van der Waals surface area contributed by atoms with Crippen molar-refractivity contribution in [3.05, 3.63) is 48.7 Å². The van der Waals surface area contributed by atoms with Crippen molar-refractivity contribution in [1.29, 1.82) is 0 Å². The van der Waals surface area contributed by atoms with Gasteiger partial charge in [-0.3, -0.25) is 9.48 Å². The van der Waals surface area contributed by atoms with Crippen molar-refractivity contribution in [2.75, 3.05) is 18.4 Å². The zero-order valence-corrected chi connectivity index (χ0v) is 17.4. The zero-order valence-electron chi connectivity index (χ0n) is 17.4. The lowest BCUT2D eigenvalue weighted by atomic mass is 10.1. The number of rotatable bonds is 4. The highest BCUT2D eigenvalue weighted by Gasteiger charge is 2.33. The van der Waals surface area contributed by atoms with Crippen LogP contribution in [-0.4, -0.2) is 54.8 Å². The van der Waals surface area contributed by atoms with E-state index in [0.29, 0.717) is 31.7 Å². The van der Waals surface area contributed by atoms with Gasteiger partial charge in [-0.2, -0.15) is 5.10 Å². The molecule has 1 saturated heterocycles. The van der Waals surface area contributed by atoms with Gasteiger partial charge >= 0.3 is 6.09 Å². The Hall–Kier alpha value is -3.36. The molecule has 0 aliphatic carbocycles. The van der Waals surface area contributed by atoms with E-state index in [0.717, 1.165) is 11.3 Å². The Kier molecular flexibility index (Phi) is 5.19. The summed E-state index contributed by atoms with van der Waals surface area (Å²) >= 11 is 0. The summed E-state index contributed by atoms with van der Waals surface area (Å²) in [5.74, 6) is -0.382. The van der Waals surface area contributed by atoms with E-state index >= 15 is 0 Å². The number of ether oxygens (including phenoxy) is 1. The van der Waals surface area contributed by atoms with Gasteiger partial charge in [0, 0.05) is 31.7 Å². The molecule has 0 radical (unpaired) electrons.